The summed E-state index contributed by atoms with van der Waals surface area (Å²) in [6, 6.07) is 20.6. The molecular formula is C25H22ClN3O2. The van der Waals surface area contributed by atoms with Gasteiger partial charge in [-0.1, -0.05) is 60.1 Å². The summed E-state index contributed by atoms with van der Waals surface area (Å²) in [6.07, 6.45) is 0. The molecule has 156 valence electrons. The maximum absolute atomic E-state index is 13.8. The lowest BCUT2D eigenvalue weighted by atomic mass is 10.0. The Morgan fingerprint density at radius 1 is 0.774 bits per heavy atom. The van der Waals surface area contributed by atoms with Gasteiger partial charge in [-0.3, -0.25) is 9.59 Å². The van der Waals surface area contributed by atoms with Crippen molar-refractivity contribution in [3.05, 3.63) is 83.0 Å². The zero-order chi connectivity index (χ0) is 21.5. The summed E-state index contributed by atoms with van der Waals surface area (Å²) in [5.41, 5.74) is 2.25. The van der Waals surface area contributed by atoms with Gasteiger partial charge in [0.25, 0.3) is 11.8 Å². The summed E-state index contributed by atoms with van der Waals surface area (Å²) in [6.45, 7) is 3.08. The van der Waals surface area contributed by atoms with Crippen molar-refractivity contribution < 1.29 is 9.59 Å². The van der Waals surface area contributed by atoms with Gasteiger partial charge in [-0.25, -0.2) is 4.90 Å². The number of benzene rings is 3. The molecule has 31 heavy (non-hydrogen) atoms. The summed E-state index contributed by atoms with van der Waals surface area (Å²) in [7, 11) is 2.07. The molecule has 0 radical (unpaired) electrons. The lowest BCUT2D eigenvalue weighted by molar-refractivity contribution is -0.120. The fourth-order valence-corrected chi connectivity index (χ4v) is 4.47. The molecule has 2 aliphatic rings. The van der Waals surface area contributed by atoms with E-state index in [2.05, 4.69) is 16.8 Å². The number of amides is 2. The van der Waals surface area contributed by atoms with Crippen LogP contribution >= 0.6 is 11.6 Å². The average molecular weight is 432 g/mol. The molecule has 0 aliphatic carbocycles. The van der Waals surface area contributed by atoms with Crippen molar-refractivity contribution in [2.75, 3.05) is 38.1 Å². The SMILES string of the molecule is CN1CCN(C2=C(c3ccc(Cl)cc3)C(=O)N(c3cccc4ccccc34)C2=O)CC1. The van der Waals surface area contributed by atoms with Crippen LogP contribution in [-0.2, 0) is 9.59 Å². The fraction of sp³-hybridized carbons (Fsp3) is 0.200. The molecule has 1 fully saturated rings. The second-order valence-corrected chi connectivity index (χ2v) is 8.40. The zero-order valence-corrected chi connectivity index (χ0v) is 18.0. The van der Waals surface area contributed by atoms with Gasteiger partial charge in [0.1, 0.15) is 5.70 Å². The molecule has 0 N–H and O–H groups in total. The second kappa shape index (κ2) is 7.84. The Kier molecular flexibility index (Phi) is 5.00. The first-order valence-electron chi connectivity index (χ1n) is 10.3. The summed E-state index contributed by atoms with van der Waals surface area (Å²) in [4.78, 5) is 33.1. The molecule has 5 nitrogen and oxygen atoms in total. The second-order valence-electron chi connectivity index (χ2n) is 7.96. The summed E-state index contributed by atoms with van der Waals surface area (Å²) in [5, 5.41) is 2.46. The van der Waals surface area contributed by atoms with E-state index in [4.69, 9.17) is 11.6 Å². The van der Waals surface area contributed by atoms with E-state index in [1.807, 2.05) is 54.6 Å². The highest BCUT2D eigenvalue weighted by Gasteiger charge is 2.43. The van der Waals surface area contributed by atoms with Crippen LogP contribution in [-0.4, -0.2) is 54.8 Å². The topological polar surface area (TPSA) is 43.9 Å². The van der Waals surface area contributed by atoms with Crippen LogP contribution < -0.4 is 4.90 Å². The molecule has 0 bridgehead atoms. The molecule has 3 aromatic rings. The predicted octanol–water partition coefficient (Wildman–Crippen LogP) is 4.03. The van der Waals surface area contributed by atoms with Crippen molar-refractivity contribution in [1.82, 2.24) is 9.80 Å². The lowest BCUT2D eigenvalue weighted by Crippen LogP contribution is -2.46. The highest BCUT2D eigenvalue weighted by Crippen LogP contribution is 2.38. The van der Waals surface area contributed by atoms with Crippen LogP contribution in [0.25, 0.3) is 16.3 Å². The van der Waals surface area contributed by atoms with Crippen LogP contribution in [0.3, 0.4) is 0 Å². The van der Waals surface area contributed by atoms with E-state index in [9.17, 15) is 9.59 Å². The number of rotatable bonds is 3. The molecule has 6 heteroatoms. The molecule has 0 spiro atoms. The van der Waals surface area contributed by atoms with Crippen molar-refractivity contribution >= 4 is 45.4 Å². The Labute approximate surface area is 186 Å². The first-order chi connectivity index (χ1) is 15.0. The Bertz CT molecular complexity index is 1210. The molecule has 2 amide bonds. The number of imide groups is 1. The number of fused-ring (bicyclic) bond motifs is 1. The monoisotopic (exact) mass is 431 g/mol. The van der Waals surface area contributed by atoms with Gasteiger partial charge in [-0.2, -0.15) is 0 Å². The first-order valence-corrected chi connectivity index (χ1v) is 10.7. The van der Waals surface area contributed by atoms with Crippen LogP contribution in [0.2, 0.25) is 5.02 Å². The minimum atomic E-state index is -0.294. The third-order valence-corrected chi connectivity index (χ3v) is 6.27. The van der Waals surface area contributed by atoms with Crippen LogP contribution in [0, 0.1) is 0 Å². The number of anilines is 1. The van der Waals surface area contributed by atoms with E-state index in [0.29, 0.717) is 40.6 Å². The maximum atomic E-state index is 13.8. The summed E-state index contributed by atoms with van der Waals surface area (Å²) >= 11 is 6.08. The van der Waals surface area contributed by atoms with E-state index in [1.54, 1.807) is 12.1 Å². The molecule has 0 unspecified atom stereocenters. The minimum absolute atomic E-state index is 0.268. The number of halogens is 1. The van der Waals surface area contributed by atoms with E-state index < -0.39 is 0 Å². The summed E-state index contributed by atoms with van der Waals surface area (Å²) in [5.74, 6) is -0.562. The smallest absolute Gasteiger partial charge is 0.282 e. The molecule has 2 aliphatic heterocycles. The zero-order valence-electron chi connectivity index (χ0n) is 17.2. The van der Waals surface area contributed by atoms with E-state index in [-0.39, 0.29) is 11.8 Å². The Morgan fingerprint density at radius 3 is 2.19 bits per heavy atom. The van der Waals surface area contributed by atoms with Gasteiger partial charge < -0.3 is 9.80 Å². The predicted molar refractivity (Wildman–Crippen MR) is 124 cm³/mol. The van der Waals surface area contributed by atoms with Gasteiger partial charge in [0.05, 0.1) is 11.3 Å². The Morgan fingerprint density at radius 2 is 1.45 bits per heavy atom. The molecule has 3 aromatic carbocycles. The van der Waals surface area contributed by atoms with Gasteiger partial charge in [0, 0.05) is 36.6 Å². The minimum Gasteiger partial charge on any atom is -0.364 e. The number of nitrogens with zero attached hydrogens (tertiary/aromatic N) is 3. The van der Waals surface area contributed by atoms with Crippen molar-refractivity contribution in [1.29, 1.82) is 0 Å². The fourth-order valence-electron chi connectivity index (χ4n) is 4.34. The standard InChI is InChI=1S/C25H22ClN3O2/c1-27-13-15-28(16-14-27)23-22(18-9-11-19(26)12-10-18)24(30)29(25(23)31)21-8-4-6-17-5-2-3-7-20(17)21/h2-12H,13-16H2,1H3. The molecular weight excluding hydrogens is 410 g/mol. The van der Waals surface area contributed by atoms with Gasteiger partial charge in [0.15, 0.2) is 0 Å². The molecule has 0 aromatic heterocycles. The largest absolute Gasteiger partial charge is 0.364 e. The average Bonchev–Trinajstić information content (AvgIpc) is 3.04. The number of carbonyl (C=O) groups excluding carboxylic acids is 2. The van der Waals surface area contributed by atoms with Crippen molar-refractivity contribution in [3.8, 4) is 0 Å². The highest BCUT2D eigenvalue weighted by atomic mass is 35.5. The Balaban J connectivity index is 1.65. The Hall–Kier alpha value is -3.15. The highest BCUT2D eigenvalue weighted by molar-refractivity contribution is 6.46. The normalized spacial score (nSPS) is 17.9. The van der Waals surface area contributed by atoms with Crippen LogP contribution in [0.1, 0.15) is 5.56 Å². The number of carbonyl (C=O) groups is 2. The molecule has 1 saturated heterocycles. The number of hydrogen-bond acceptors (Lipinski definition) is 4. The summed E-state index contributed by atoms with van der Waals surface area (Å²) < 4.78 is 0. The molecule has 5 rings (SSSR count). The molecule has 0 atom stereocenters. The van der Waals surface area contributed by atoms with Gasteiger partial charge in [-0.05, 0) is 36.2 Å². The van der Waals surface area contributed by atoms with E-state index in [1.165, 1.54) is 4.90 Å². The number of piperazine rings is 1. The molecule has 2 heterocycles. The first kappa shape index (κ1) is 19.8. The lowest BCUT2D eigenvalue weighted by Gasteiger charge is -2.34. The van der Waals surface area contributed by atoms with Crippen LogP contribution in [0.15, 0.2) is 72.4 Å². The van der Waals surface area contributed by atoms with Crippen molar-refractivity contribution in [2.45, 2.75) is 0 Å². The number of hydrogen-bond donors (Lipinski definition) is 0. The van der Waals surface area contributed by atoms with Crippen molar-refractivity contribution in [3.63, 3.8) is 0 Å². The van der Waals surface area contributed by atoms with Gasteiger partial charge in [-0.15, -0.1) is 0 Å². The van der Waals surface area contributed by atoms with Gasteiger partial charge in [0.2, 0.25) is 0 Å². The van der Waals surface area contributed by atoms with Gasteiger partial charge >= 0.3 is 0 Å². The van der Waals surface area contributed by atoms with E-state index in [0.717, 1.165) is 23.9 Å². The van der Waals surface area contributed by atoms with Crippen LogP contribution in [0.5, 0.6) is 0 Å². The third kappa shape index (κ3) is 3.40. The molecule has 0 saturated carbocycles. The maximum Gasteiger partial charge on any atom is 0.282 e. The number of likely N-dealkylation sites (N-methyl/N-ethyl adjacent to an activating group) is 1. The van der Waals surface area contributed by atoms with E-state index >= 15 is 0 Å². The van der Waals surface area contributed by atoms with Crippen molar-refractivity contribution in [2.24, 2.45) is 0 Å². The third-order valence-electron chi connectivity index (χ3n) is 6.02. The van der Waals surface area contributed by atoms with Crippen LogP contribution in [0.4, 0.5) is 5.69 Å². The quantitative estimate of drug-likeness (QED) is 0.587.